The Bertz CT molecular complexity index is 1190. The van der Waals surface area contributed by atoms with Crippen LogP contribution >= 0.6 is 0 Å². The fourth-order valence-electron chi connectivity index (χ4n) is 6.99. The van der Waals surface area contributed by atoms with E-state index in [1.165, 1.54) is 11.1 Å². The second-order valence-electron chi connectivity index (χ2n) is 10.8. The van der Waals surface area contributed by atoms with E-state index in [0.717, 1.165) is 43.9 Å². The Labute approximate surface area is 202 Å². The quantitative estimate of drug-likeness (QED) is 0.317. The highest BCUT2D eigenvalue weighted by molar-refractivity contribution is 5.91. The van der Waals surface area contributed by atoms with Crippen LogP contribution < -0.4 is 0 Å². The van der Waals surface area contributed by atoms with Crippen molar-refractivity contribution in [1.82, 2.24) is 0 Å². The lowest BCUT2D eigenvalue weighted by Crippen LogP contribution is -2.46. The van der Waals surface area contributed by atoms with Crippen LogP contribution in [-0.2, 0) is 9.53 Å². The number of Topliss-reactive ketones (excluding diaryl/α,β-unsaturated/α-hetero) is 1. The number of carbonyl (C=O) groups excluding carboxylic acids is 2. The number of benzene rings is 1. The van der Waals surface area contributed by atoms with Gasteiger partial charge in [0.2, 0.25) is 0 Å². The second-order valence-corrected chi connectivity index (χ2v) is 10.8. The van der Waals surface area contributed by atoms with Gasteiger partial charge in [-0.15, -0.1) is 0 Å². The largest absolute Gasteiger partial charge is 0.458 e. The molecule has 9 heteroatoms. The minimum Gasteiger partial charge on any atom is -0.458 e. The molecule has 35 heavy (non-hydrogen) atoms. The third-order valence-electron chi connectivity index (χ3n) is 9.07. The highest BCUT2D eigenvalue weighted by Crippen LogP contribution is 2.62. The summed E-state index contributed by atoms with van der Waals surface area (Å²) in [6.07, 6.45) is 9.41. The zero-order valence-electron chi connectivity index (χ0n) is 19.8. The van der Waals surface area contributed by atoms with Gasteiger partial charge >= 0.3 is 5.97 Å². The Morgan fingerprint density at radius 2 is 1.57 bits per heavy atom. The van der Waals surface area contributed by atoms with Crippen LogP contribution in [0.1, 0.15) is 69.2 Å². The molecule has 0 aliphatic heterocycles. The number of non-ortho nitro benzene ring substituents is 2. The third-order valence-corrected chi connectivity index (χ3v) is 9.07. The van der Waals surface area contributed by atoms with Gasteiger partial charge in [-0.1, -0.05) is 37.1 Å². The molecule has 0 unspecified atom stereocenters. The number of ether oxygens (including phenoxy) is 1. The number of carbonyl (C=O) groups is 2. The van der Waals surface area contributed by atoms with Gasteiger partial charge in [-0.3, -0.25) is 25.0 Å². The molecule has 5 rings (SSSR count). The van der Waals surface area contributed by atoms with Crippen molar-refractivity contribution in [3.63, 3.8) is 0 Å². The summed E-state index contributed by atoms with van der Waals surface area (Å²) in [6, 6.07) is 2.85. The van der Waals surface area contributed by atoms with Gasteiger partial charge in [0.05, 0.1) is 21.5 Å². The van der Waals surface area contributed by atoms with E-state index in [1.54, 1.807) is 0 Å². The number of esters is 1. The number of rotatable bonds is 4. The lowest BCUT2D eigenvalue weighted by molar-refractivity contribution is -0.394. The second kappa shape index (κ2) is 8.10. The minimum atomic E-state index is -0.795. The Balaban J connectivity index is 1.36. The van der Waals surface area contributed by atoms with E-state index in [-0.39, 0.29) is 16.4 Å². The topological polar surface area (TPSA) is 130 Å². The molecule has 4 aliphatic rings. The van der Waals surface area contributed by atoms with E-state index >= 15 is 0 Å². The summed E-state index contributed by atoms with van der Waals surface area (Å²) in [4.78, 5) is 46.2. The molecular formula is C26H28N2O7. The van der Waals surface area contributed by atoms with Crippen molar-refractivity contribution in [1.29, 1.82) is 0 Å². The third kappa shape index (κ3) is 3.68. The van der Waals surface area contributed by atoms with E-state index in [1.807, 2.05) is 0 Å². The van der Waals surface area contributed by atoms with Crippen LogP contribution in [0.5, 0.6) is 0 Å². The number of hydrogen-bond acceptors (Lipinski definition) is 7. The molecule has 9 nitrogen and oxygen atoms in total. The first-order valence-electron chi connectivity index (χ1n) is 12.1. The first kappa shape index (κ1) is 23.4. The fraction of sp³-hybridized carbons (Fsp3) is 0.538. The summed E-state index contributed by atoms with van der Waals surface area (Å²) in [5.41, 5.74) is 1.08. The van der Waals surface area contributed by atoms with Crippen LogP contribution in [0.3, 0.4) is 0 Å². The van der Waals surface area contributed by atoms with Crippen LogP contribution in [0.15, 0.2) is 41.5 Å². The summed E-state index contributed by atoms with van der Waals surface area (Å²) in [5.74, 6) is 0.279. The summed E-state index contributed by atoms with van der Waals surface area (Å²) in [7, 11) is 0. The van der Waals surface area contributed by atoms with Crippen molar-refractivity contribution in [3.8, 4) is 0 Å². The normalized spacial score (nSPS) is 33.5. The maximum Gasteiger partial charge on any atom is 0.338 e. The van der Waals surface area contributed by atoms with Gasteiger partial charge in [-0.25, -0.2) is 4.79 Å². The first-order valence-corrected chi connectivity index (χ1v) is 12.1. The highest BCUT2D eigenvalue weighted by atomic mass is 16.6. The number of allylic oxidation sites excluding steroid dienone is 3. The standard InChI is InChI=1S/C26H28N2O7/c1-25-9-7-19(35-24(30)15-11-17(27(31)32)14-18(12-15)28(33)34)13-16(25)3-4-20-21-5-6-23(29)26(21,2)10-8-22(20)25/h3-4,11-12,14,19,21-22H,5-10,13H2,1-2H3/t19-,21+,22-,25-,26+/m1/s1. The van der Waals surface area contributed by atoms with Crippen molar-refractivity contribution < 1.29 is 24.2 Å². The molecule has 0 N–H and O–H groups in total. The van der Waals surface area contributed by atoms with Crippen LogP contribution in [0.2, 0.25) is 0 Å². The molecule has 3 fully saturated rings. The van der Waals surface area contributed by atoms with Gasteiger partial charge < -0.3 is 4.74 Å². The Morgan fingerprint density at radius 3 is 2.23 bits per heavy atom. The van der Waals surface area contributed by atoms with E-state index < -0.39 is 33.3 Å². The zero-order valence-corrected chi connectivity index (χ0v) is 19.8. The van der Waals surface area contributed by atoms with Crippen LogP contribution in [0.4, 0.5) is 11.4 Å². The van der Waals surface area contributed by atoms with Crippen molar-refractivity contribution in [2.45, 2.75) is 64.9 Å². The molecule has 5 atom stereocenters. The number of hydrogen-bond donors (Lipinski definition) is 0. The van der Waals surface area contributed by atoms with Crippen LogP contribution in [0.25, 0.3) is 0 Å². The van der Waals surface area contributed by atoms with Gasteiger partial charge in [0, 0.05) is 30.4 Å². The average Bonchev–Trinajstić information content (AvgIpc) is 3.13. The van der Waals surface area contributed by atoms with E-state index in [9.17, 15) is 29.8 Å². The van der Waals surface area contributed by atoms with Crippen LogP contribution in [-0.4, -0.2) is 27.7 Å². The maximum atomic E-state index is 12.8. The number of nitro benzene ring substituents is 2. The van der Waals surface area contributed by atoms with E-state index in [4.69, 9.17) is 4.74 Å². The summed E-state index contributed by atoms with van der Waals surface area (Å²) in [6.45, 7) is 4.40. The molecule has 0 saturated heterocycles. The number of ketones is 1. The van der Waals surface area contributed by atoms with E-state index in [0.29, 0.717) is 36.9 Å². The zero-order chi connectivity index (χ0) is 25.1. The summed E-state index contributed by atoms with van der Waals surface area (Å²) < 4.78 is 5.69. The Morgan fingerprint density at radius 1 is 0.943 bits per heavy atom. The molecule has 0 heterocycles. The van der Waals surface area contributed by atoms with Gasteiger partial charge in [-0.05, 0) is 49.4 Å². The number of fused-ring (bicyclic) bond motifs is 5. The molecule has 0 spiro atoms. The summed E-state index contributed by atoms with van der Waals surface area (Å²) >= 11 is 0. The molecule has 184 valence electrons. The van der Waals surface area contributed by atoms with Crippen molar-refractivity contribution in [3.05, 3.63) is 67.3 Å². The highest BCUT2D eigenvalue weighted by Gasteiger charge is 2.56. The minimum absolute atomic E-state index is 0.0513. The van der Waals surface area contributed by atoms with Gasteiger partial charge in [0.15, 0.2) is 0 Å². The molecule has 4 aliphatic carbocycles. The van der Waals surface area contributed by atoms with Gasteiger partial charge in [-0.2, -0.15) is 0 Å². The van der Waals surface area contributed by atoms with Gasteiger partial charge in [0.25, 0.3) is 11.4 Å². The van der Waals surface area contributed by atoms with Gasteiger partial charge in [0.1, 0.15) is 11.9 Å². The average molecular weight is 481 g/mol. The fourth-order valence-corrected chi connectivity index (χ4v) is 6.99. The maximum absolute atomic E-state index is 12.8. The molecular weight excluding hydrogens is 452 g/mol. The number of nitro groups is 2. The SMILES string of the molecule is C[C@@]12CC[C@@H](OC(=O)c3cc([N+](=O)[O-])cc([N+](=O)[O-])c3)CC1=CC=C1[C@H]2CC[C@]2(C)C(=O)CC[C@@H]12. The molecule has 0 bridgehead atoms. The molecule has 1 aromatic carbocycles. The molecule has 3 saturated carbocycles. The van der Waals surface area contributed by atoms with Crippen molar-refractivity contribution in [2.24, 2.45) is 22.7 Å². The molecule has 0 aromatic heterocycles. The molecule has 1 aromatic rings. The monoisotopic (exact) mass is 480 g/mol. The van der Waals surface area contributed by atoms with Crippen LogP contribution in [0, 0.1) is 42.9 Å². The number of nitrogens with zero attached hydrogens (tertiary/aromatic N) is 2. The van der Waals surface area contributed by atoms with Crippen molar-refractivity contribution >= 4 is 23.1 Å². The van der Waals surface area contributed by atoms with E-state index in [2.05, 4.69) is 26.0 Å². The predicted octanol–water partition coefficient (Wildman–Crippen LogP) is 5.48. The molecule has 0 radical (unpaired) electrons. The smallest absolute Gasteiger partial charge is 0.338 e. The molecule has 0 amide bonds. The lowest BCUT2D eigenvalue weighted by Gasteiger charge is -2.53. The lowest BCUT2D eigenvalue weighted by atomic mass is 9.51. The Hall–Kier alpha value is -3.36. The Kier molecular flexibility index (Phi) is 5.41. The van der Waals surface area contributed by atoms with Crippen molar-refractivity contribution in [2.75, 3.05) is 0 Å². The first-order chi connectivity index (χ1) is 16.5. The predicted molar refractivity (Wildman–Crippen MR) is 126 cm³/mol. The summed E-state index contributed by atoms with van der Waals surface area (Å²) in [5, 5.41) is 22.3.